The third-order valence-corrected chi connectivity index (χ3v) is 3.60. The number of hydrogen-bond acceptors (Lipinski definition) is 1. The van der Waals surface area contributed by atoms with E-state index < -0.39 is 0 Å². The summed E-state index contributed by atoms with van der Waals surface area (Å²) in [6.45, 7) is 2.13. The van der Waals surface area contributed by atoms with Crippen LogP contribution in [0.15, 0.2) is 40.9 Å². The van der Waals surface area contributed by atoms with Gasteiger partial charge in [-0.2, -0.15) is 0 Å². The summed E-state index contributed by atoms with van der Waals surface area (Å²) >= 11 is 9.20. The van der Waals surface area contributed by atoms with Crippen molar-refractivity contribution in [2.75, 3.05) is 0 Å². The van der Waals surface area contributed by atoms with Crippen LogP contribution in [0, 0.1) is 12.7 Å². The highest BCUT2D eigenvalue weighted by atomic mass is 79.9. The Morgan fingerprint density at radius 3 is 2.74 bits per heavy atom. The summed E-state index contributed by atoms with van der Waals surface area (Å²) in [7, 11) is 0. The third kappa shape index (κ3) is 3.48. The van der Waals surface area contributed by atoms with Gasteiger partial charge >= 0.3 is 0 Å². The van der Waals surface area contributed by atoms with E-state index in [1.54, 1.807) is 12.1 Å². The topological polar surface area (TPSA) is 9.23 Å². The number of alkyl halides is 1. The highest BCUT2D eigenvalue weighted by molar-refractivity contribution is 9.10. The lowest BCUT2D eigenvalue weighted by Gasteiger charge is -2.13. The zero-order valence-corrected chi connectivity index (χ0v) is 12.8. The SMILES string of the molecule is Cc1cccc(CCl)c1OCc1cc(Br)ccc1F. The fraction of sp³-hybridized carbons (Fsp3) is 0.200. The van der Waals surface area contributed by atoms with Gasteiger partial charge in [0.15, 0.2) is 0 Å². The average Bonchev–Trinajstić information content (AvgIpc) is 2.40. The van der Waals surface area contributed by atoms with Gasteiger partial charge in [0, 0.05) is 15.6 Å². The Hall–Kier alpha value is -1.06. The Bertz CT molecular complexity index is 586. The first-order valence-electron chi connectivity index (χ1n) is 5.83. The molecule has 0 unspecified atom stereocenters. The molecular formula is C15H13BrClFO. The quantitative estimate of drug-likeness (QED) is 0.692. The molecule has 100 valence electrons. The van der Waals surface area contributed by atoms with Crippen molar-refractivity contribution in [2.45, 2.75) is 19.4 Å². The average molecular weight is 344 g/mol. The highest BCUT2D eigenvalue weighted by Gasteiger charge is 2.09. The summed E-state index contributed by atoms with van der Waals surface area (Å²) in [5, 5.41) is 0. The van der Waals surface area contributed by atoms with Crippen molar-refractivity contribution in [3.63, 3.8) is 0 Å². The number of rotatable bonds is 4. The molecule has 1 nitrogen and oxygen atoms in total. The van der Waals surface area contributed by atoms with E-state index in [0.29, 0.717) is 11.4 Å². The molecule has 0 N–H and O–H groups in total. The van der Waals surface area contributed by atoms with Crippen molar-refractivity contribution in [2.24, 2.45) is 0 Å². The first-order chi connectivity index (χ1) is 9.11. The monoisotopic (exact) mass is 342 g/mol. The molecule has 0 aliphatic carbocycles. The van der Waals surface area contributed by atoms with Crippen molar-refractivity contribution < 1.29 is 9.13 Å². The van der Waals surface area contributed by atoms with Crippen molar-refractivity contribution in [3.05, 3.63) is 63.4 Å². The van der Waals surface area contributed by atoms with Crippen LogP contribution in [0.25, 0.3) is 0 Å². The molecule has 0 fully saturated rings. The Morgan fingerprint density at radius 1 is 1.21 bits per heavy atom. The number of halogens is 3. The van der Waals surface area contributed by atoms with E-state index in [1.165, 1.54) is 6.07 Å². The Kier molecular flexibility index (Phi) is 4.83. The van der Waals surface area contributed by atoms with E-state index in [2.05, 4.69) is 15.9 Å². The molecule has 0 atom stereocenters. The molecular weight excluding hydrogens is 331 g/mol. The van der Waals surface area contributed by atoms with Gasteiger partial charge in [0.25, 0.3) is 0 Å². The van der Waals surface area contributed by atoms with Crippen LogP contribution in [0.1, 0.15) is 16.7 Å². The van der Waals surface area contributed by atoms with Crippen molar-refractivity contribution >= 4 is 27.5 Å². The van der Waals surface area contributed by atoms with Crippen LogP contribution >= 0.6 is 27.5 Å². The van der Waals surface area contributed by atoms with Gasteiger partial charge < -0.3 is 4.74 Å². The summed E-state index contributed by atoms with van der Waals surface area (Å²) in [4.78, 5) is 0. The van der Waals surface area contributed by atoms with Crippen LogP contribution in [0.2, 0.25) is 0 Å². The second-order valence-corrected chi connectivity index (χ2v) is 5.40. The van der Waals surface area contributed by atoms with Crippen LogP contribution in [0.5, 0.6) is 5.75 Å². The Labute approximate surface area is 125 Å². The maximum absolute atomic E-state index is 13.6. The maximum atomic E-state index is 13.6. The molecule has 0 bridgehead atoms. The first kappa shape index (κ1) is 14.4. The normalized spacial score (nSPS) is 10.5. The molecule has 19 heavy (non-hydrogen) atoms. The molecule has 0 heterocycles. The highest BCUT2D eigenvalue weighted by Crippen LogP contribution is 2.26. The molecule has 0 saturated carbocycles. The van der Waals surface area contributed by atoms with E-state index in [4.69, 9.17) is 16.3 Å². The van der Waals surface area contributed by atoms with E-state index in [0.717, 1.165) is 21.3 Å². The van der Waals surface area contributed by atoms with Gasteiger partial charge in [-0.05, 0) is 30.7 Å². The maximum Gasteiger partial charge on any atom is 0.129 e. The minimum absolute atomic E-state index is 0.181. The molecule has 0 radical (unpaired) electrons. The molecule has 2 aromatic rings. The number of benzene rings is 2. The molecule has 2 rings (SSSR count). The minimum Gasteiger partial charge on any atom is -0.488 e. The van der Waals surface area contributed by atoms with E-state index >= 15 is 0 Å². The van der Waals surface area contributed by atoms with Gasteiger partial charge in [0.05, 0.1) is 5.88 Å². The Balaban J connectivity index is 2.21. The third-order valence-electron chi connectivity index (χ3n) is 2.82. The smallest absolute Gasteiger partial charge is 0.129 e. The van der Waals surface area contributed by atoms with E-state index in [9.17, 15) is 4.39 Å². The van der Waals surface area contributed by atoms with E-state index in [-0.39, 0.29) is 12.4 Å². The standard InChI is InChI=1S/C15H13BrClFO/c1-10-3-2-4-11(8-17)15(10)19-9-12-7-13(16)5-6-14(12)18/h2-7H,8-9H2,1H3. The summed E-state index contributed by atoms with van der Waals surface area (Å²) in [5.74, 6) is 0.832. The second kappa shape index (κ2) is 6.40. The molecule has 0 saturated heterocycles. The predicted octanol–water partition coefficient (Wildman–Crippen LogP) is 5.21. The Morgan fingerprint density at radius 2 is 2.00 bits per heavy atom. The summed E-state index contributed by atoms with van der Waals surface area (Å²) < 4.78 is 20.2. The number of aryl methyl sites for hydroxylation is 1. The zero-order chi connectivity index (χ0) is 13.8. The molecule has 4 heteroatoms. The summed E-state index contributed by atoms with van der Waals surface area (Å²) in [6, 6.07) is 10.6. The molecule has 0 aromatic heterocycles. The van der Waals surface area contributed by atoms with Crippen LogP contribution in [-0.4, -0.2) is 0 Å². The lowest BCUT2D eigenvalue weighted by Crippen LogP contribution is -2.02. The fourth-order valence-corrected chi connectivity index (χ4v) is 2.45. The second-order valence-electron chi connectivity index (χ2n) is 4.22. The van der Waals surface area contributed by atoms with E-state index in [1.807, 2.05) is 25.1 Å². The fourth-order valence-electron chi connectivity index (χ4n) is 1.83. The zero-order valence-electron chi connectivity index (χ0n) is 10.4. The molecule has 0 amide bonds. The van der Waals surface area contributed by atoms with Crippen molar-refractivity contribution in [3.8, 4) is 5.75 Å². The number of ether oxygens (including phenoxy) is 1. The van der Waals surface area contributed by atoms with Gasteiger partial charge in [-0.3, -0.25) is 0 Å². The predicted molar refractivity (Wildman–Crippen MR) is 79.2 cm³/mol. The molecule has 0 spiro atoms. The van der Waals surface area contributed by atoms with Crippen LogP contribution in [-0.2, 0) is 12.5 Å². The largest absolute Gasteiger partial charge is 0.488 e. The molecule has 0 aliphatic rings. The van der Waals surface area contributed by atoms with Gasteiger partial charge in [-0.1, -0.05) is 34.1 Å². The summed E-state index contributed by atoms with van der Waals surface area (Å²) in [5.41, 5.74) is 2.42. The minimum atomic E-state index is -0.274. The van der Waals surface area contributed by atoms with Gasteiger partial charge in [0.1, 0.15) is 18.2 Å². The van der Waals surface area contributed by atoms with Crippen LogP contribution in [0.3, 0.4) is 0 Å². The van der Waals surface area contributed by atoms with Gasteiger partial charge in [-0.25, -0.2) is 4.39 Å². The van der Waals surface area contributed by atoms with Gasteiger partial charge in [0.2, 0.25) is 0 Å². The van der Waals surface area contributed by atoms with Crippen LogP contribution in [0.4, 0.5) is 4.39 Å². The summed E-state index contributed by atoms with van der Waals surface area (Å²) in [6.07, 6.45) is 0. The van der Waals surface area contributed by atoms with Crippen molar-refractivity contribution in [1.82, 2.24) is 0 Å². The lowest BCUT2D eigenvalue weighted by atomic mass is 10.1. The first-order valence-corrected chi connectivity index (χ1v) is 7.15. The number of para-hydroxylation sites is 1. The molecule has 2 aromatic carbocycles. The molecule has 0 aliphatic heterocycles. The van der Waals surface area contributed by atoms with Crippen molar-refractivity contribution in [1.29, 1.82) is 0 Å². The lowest BCUT2D eigenvalue weighted by molar-refractivity contribution is 0.295. The van der Waals surface area contributed by atoms with Crippen LogP contribution < -0.4 is 4.74 Å². The van der Waals surface area contributed by atoms with Gasteiger partial charge in [-0.15, -0.1) is 11.6 Å². The number of hydrogen-bond donors (Lipinski definition) is 0.